The van der Waals surface area contributed by atoms with E-state index >= 15 is 0 Å². The molecule has 1 amide bonds. The molecule has 0 aromatic heterocycles. The number of hydrogen-bond donors (Lipinski definition) is 1. The van der Waals surface area contributed by atoms with E-state index in [1.54, 1.807) is 4.90 Å². The molecule has 0 aliphatic rings. The van der Waals surface area contributed by atoms with Crippen LogP contribution in [0.15, 0.2) is 12.2 Å². The highest BCUT2D eigenvalue weighted by Crippen LogP contribution is 1.89. The highest BCUT2D eigenvalue weighted by Gasteiger charge is 2.04. The lowest BCUT2D eigenvalue weighted by Gasteiger charge is -2.15. The molecule has 68 valence electrons. The molecule has 0 heterocycles. The lowest BCUT2D eigenvalue weighted by Crippen LogP contribution is -2.28. The molecule has 0 bridgehead atoms. The van der Waals surface area contributed by atoms with Gasteiger partial charge in [-0.1, -0.05) is 0 Å². The van der Waals surface area contributed by atoms with E-state index in [1.165, 1.54) is 0 Å². The van der Waals surface area contributed by atoms with E-state index in [9.17, 15) is 9.59 Å². The normalized spacial score (nSPS) is 10.2. The van der Waals surface area contributed by atoms with E-state index < -0.39 is 5.97 Å². The zero-order valence-electron chi connectivity index (χ0n) is 7.28. The van der Waals surface area contributed by atoms with Crippen molar-refractivity contribution in [2.24, 2.45) is 0 Å². The van der Waals surface area contributed by atoms with E-state index in [2.05, 4.69) is 0 Å². The molecule has 0 unspecified atom stereocenters. The summed E-state index contributed by atoms with van der Waals surface area (Å²) in [4.78, 5) is 22.7. The van der Waals surface area contributed by atoms with Crippen LogP contribution in [0.2, 0.25) is 0 Å². The van der Waals surface area contributed by atoms with Crippen LogP contribution in [0.25, 0.3) is 0 Å². The molecule has 0 rings (SSSR count). The van der Waals surface area contributed by atoms with Crippen molar-refractivity contribution in [1.82, 2.24) is 4.90 Å². The Morgan fingerprint density at radius 2 is 1.75 bits per heavy atom. The number of hydrogen-bond acceptors (Lipinski definition) is 2. The molecule has 0 atom stereocenters. The maximum atomic E-state index is 11.1. The first-order valence-corrected chi connectivity index (χ1v) is 3.81. The van der Waals surface area contributed by atoms with E-state index in [0.717, 1.165) is 12.2 Å². The molecule has 4 heteroatoms. The number of carbonyl (C=O) groups is 2. The van der Waals surface area contributed by atoms with Crippen molar-refractivity contribution in [2.45, 2.75) is 13.8 Å². The molecule has 0 radical (unpaired) electrons. The van der Waals surface area contributed by atoms with Crippen molar-refractivity contribution in [3.63, 3.8) is 0 Å². The van der Waals surface area contributed by atoms with Gasteiger partial charge in [0, 0.05) is 25.2 Å². The van der Waals surface area contributed by atoms with Gasteiger partial charge in [-0.15, -0.1) is 0 Å². The fraction of sp³-hybridized carbons (Fsp3) is 0.500. The van der Waals surface area contributed by atoms with E-state index in [1.807, 2.05) is 13.8 Å². The number of amides is 1. The Morgan fingerprint density at radius 3 is 2.08 bits per heavy atom. The van der Waals surface area contributed by atoms with Gasteiger partial charge in [0.1, 0.15) is 0 Å². The summed E-state index contributed by atoms with van der Waals surface area (Å²) in [6.07, 6.45) is 1.91. The zero-order chi connectivity index (χ0) is 9.56. The van der Waals surface area contributed by atoms with Crippen LogP contribution >= 0.6 is 0 Å². The van der Waals surface area contributed by atoms with Crippen LogP contribution in [0.4, 0.5) is 0 Å². The first-order chi connectivity index (χ1) is 5.61. The summed E-state index contributed by atoms with van der Waals surface area (Å²) >= 11 is 0. The predicted octanol–water partition coefficient (Wildman–Crippen LogP) is 0.496. The van der Waals surface area contributed by atoms with Gasteiger partial charge in [-0.25, -0.2) is 4.79 Å². The molecule has 0 saturated heterocycles. The van der Waals surface area contributed by atoms with Crippen LogP contribution in [0, 0.1) is 0 Å². The summed E-state index contributed by atoms with van der Waals surface area (Å²) in [5.74, 6) is -1.36. The lowest BCUT2D eigenvalue weighted by molar-refractivity contribution is -0.132. The highest BCUT2D eigenvalue weighted by atomic mass is 16.4. The predicted molar refractivity (Wildman–Crippen MR) is 44.7 cm³/mol. The Kier molecular flexibility index (Phi) is 4.76. The molecule has 0 aromatic carbocycles. The van der Waals surface area contributed by atoms with E-state index in [0.29, 0.717) is 13.1 Å². The van der Waals surface area contributed by atoms with Gasteiger partial charge in [0.25, 0.3) is 0 Å². The van der Waals surface area contributed by atoms with Crippen molar-refractivity contribution < 1.29 is 14.7 Å². The number of rotatable bonds is 4. The molecule has 0 aromatic rings. The molecule has 0 aliphatic heterocycles. The van der Waals surface area contributed by atoms with Gasteiger partial charge >= 0.3 is 5.97 Å². The van der Waals surface area contributed by atoms with Crippen LogP contribution < -0.4 is 0 Å². The summed E-state index contributed by atoms with van der Waals surface area (Å²) in [7, 11) is 0. The molecule has 0 spiro atoms. The largest absolute Gasteiger partial charge is 0.478 e. The number of aliphatic carboxylic acids is 1. The van der Waals surface area contributed by atoms with Gasteiger partial charge in [-0.3, -0.25) is 4.79 Å². The Hall–Kier alpha value is -1.32. The molecule has 12 heavy (non-hydrogen) atoms. The first-order valence-electron chi connectivity index (χ1n) is 3.81. The average molecular weight is 171 g/mol. The highest BCUT2D eigenvalue weighted by molar-refractivity contribution is 5.93. The lowest BCUT2D eigenvalue weighted by atomic mass is 10.4. The number of likely N-dealkylation sites (N-methyl/N-ethyl adjacent to an activating group) is 1. The number of carbonyl (C=O) groups excluding carboxylic acids is 1. The Labute approximate surface area is 71.5 Å². The number of carboxylic acid groups (broad SMARTS) is 1. The van der Waals surface area contributed by atoms with Gasteiger partial charge in [0.2, 0.25) is 5.91 Å². The first kappa shape index (κ1) is 10.7. The smallest absolute Gasteiger partial charge is 0.328 e. The van der Waals surface area contributed by atoms with Crippen molar-refractivity contribution >= 4 is 11.9 Å². The fourth-order valence-corrected chi connectivity index (χ4v) is 0.783. The number of nitrogens with zero attached hydrogens (tertiary/aromatic N) is 1. The molecule has 0 aliphatic carbocycles. The second-order valence-electron chi connectivity index (χ2n) is 2.18. The van der Waals surface area contributed by atoms with E-state index in [4.69, 9.17) is 5.11 Å². The monoisotopic (exact) mass is 171 g/mol. The third-order valence-electron chi connectivity index (χ3n) is 1.44. The van der Waals surface area contributed by atoms with Crippen LogP contribution in [-0.4, -0.2) is 35.0 Å². The second kappa shape index (κ2) is 5.35. The Bertz CT molecular complexity index is 194. The Balaban J connectivity index is 4.10. The summed E-state index contributed by atoms with van der Waals surface area (Å²) in [6, 6.07) is 0. The van der Waals surface area contributed by atoms with Gasteiger partial charge in [-0.2, -0.15) is 0 Å². The standard InChI is InChI=1S/C8H13NO3/c1-3-9(4-2)7(10)5-6-8(11)12/h5-6H,3-4H2,1-2H3,(H,11,12)/b6-5+. The van der Waals surface area contributed by atoms with Gasteiger partial charge < -0.3 is 10.0 Å². The van der Waals surface area contributed by atoms with Gasteiger partial charge in [-0.05, 0) is 13.8 Å². The van der Waals surface area contributed by atoms with Crippen molar-refractivity contribution in [2.75, 3.05) is 13.1 Å². The second-order valence-corrected chi connectivity index (χ2v) is 2.18. The van der Waals surface area contributed by atoms with Crippen LogP contribution in [0.1, 0.15) is 13.8 Å². The number of carboxylic acids is 1. The van der Waals surface area contributed by atoms with Crippen molar-refractivity contribution in [3.05, 3.63) is 12.2 Å². The summed E-state index contributed by atoms with van der Waals surface area (Å²) in [6.45, 7) is 4.88. The van der Waals surface area contributed by atoms with Crippen molar-refractivity contribution in [3.8, 4) is 0 Å². The van der Waals surface area contributed by atoms with E-state index in [-0.39, 0.29) is 5.91 Å². The van der Waals surface area contributed by atoms with Crippen LogP contribution in [0.3, 0.4) is 0 Å². The molecule has 0 fully saturated rings. The fourth-order valence-electron chi connectivity index (χ4n) is 0.783. The SMILES string of the molecule is CCN(CC)C(=O)/C=C/C(=O)O. The minimum Gasteiger partial charge on any atom is -0.478 e. The summed E-state index contributed by atoms with van der Waals surface area (Å²) in [5, 5.41) is 8.23. The third kappa shape index (κ3) is 3.75. The average Bonchev–Trinajstić information content (AvgIpc) is 2.03. The summed E-state index contributed by atoms with van der Waals surface area (Å²) in [5.41, 5.74) is 0. The van der Waals surface area contributed by atoms with Gasteiger partial charge in [0.05, 0.1) is 0 Å². The third-order valence-corrected chi connectivity index (χ3v) is 1.44. The quantitative estimate of drug-likeness (QED) is 0.626. The molecule has 0 saturated carbocycles. The molecular weight excluding hydrogens is 158 g/mol. The van der Waals surface area contributed by atoms with Crippen LogP contribution in [0.5, 0.6) is 0 Å². The molecule has 4 nitrogen and oxygen atoms in total. The molecule has 1 N–H and O–H groups in total. The summed E-state index contributed by atoms with van der Waals surface area (Å²) < 4.78 is 0. The Morgan fingerprint density at radius 1 is 1.25 bits per heavy atom. The zero-order valence-corrected chi connectivity index (χ0v) is 7.28. The topological polar surface area (TPSA) is 57.6 Å². The van der Waals surface area contributed by atoms with Crippen molar-refractivity contribution in [1.29, 1.82) is 0 Å². The maximum Gasteiger partial charge on any atom is 0.328 e. The minimum absolute atomic E-state index is 0.262. The van der Waals surface area contributed by atoms with Crippen LogP contribution in [-0.2, 0) is 9.59 Å². The molecular formula is C8H13NO3. The maximum absolute atomic E-state index is 11.1. The van der Waals surface area contributed by atoms with Gasteiger partial charge in [0.15, 0.2) is 0 Å². The minimum atomic E-state index is -1.10.